The zero-order chi connectivity index (χ0) is 15.3. The number of rotatable bonds is 6. The molecule has 1 unspecified atom stereocenters. The van der Waals surface area contributed by atoms with Gasteiger partial charge in [0, 0.05) is 17.1 Å². The Balaban J connectivity index is 2.88. The van der Waals surface area contributed by atoms with Crippen LogP contribution in [-0.2, 0) is 11.3 Å². The van der Waals surface area contributed by atoms with E-state index in [0.29, 0.717) is 17.2 Å². The predicted molar refractivity (Wildman–Crippen MR) is 85.0 cm³/mol. The second-order valence-corrected chi connectivity index (χ2v) is 5.50. The fraction of sp³-hybridized carbons (Fsp3) is 0.429. The van der Waals surface area contributed by atoms with Gasteiger partial charge in [0.25, 0.3) is 0 Å². The minimum Gasteiger partial charge on any atom is -0.496 e. The van der Waals surface area contributed by atoms with E-state index in [1.165, 1.54) is 0 Å². The lowest BCUT2D eigenvalue weighted by atomic mass is 9.86. The van der Waals surface area contributed by atoms with Crippen LogP contribution in [0.1, 0.15) is 25.8 Å². The van der Waals surface area contributed by atoms with Crippen LogP contribution in [0, 0.1) is 5.41 Å². The Morgan fingerprint density at radius 3 is 2.70 bits per heavy atom. The number of nitrogens with one attached hydrogen (secondary N) is 1. The molecule has 0 fully saturated rings. The van der Waals surface area contributed by atoms with Crippen molar-refractivity contribution in [3.8, 4) is 5.75 Å². The summed E-state index contributed by atoms with van der Waals surface area (Å²) in [6.45, 7) is 3.86. The van der Waals surface area contributed by atoms with E-state index >= 15 is 0 Å². The first-order valence-corrected chi connectivity index (χ1v) is 7.05. The summed E-state index contributed by atoms with van der Waals surface area (Å²) in [7, 11) is 1.56. The topological polar surface area (TPSA) is 64.3 Å². The van der Waals surface area contributed by atoms with Crippen LogP contribution in [0.3, 0.4) is 0 Å². The highest BCUT2D eigenvalue weighted by atomic mass is 35.5. The average Bonchev–Trinajstić information content (AvgIpc) is 2.44. The molecular formula is C14H19ClN2O2S. The van der Waals surface area contributed by atoms with E-state index in [1.807, 2.05) is 6.92 Å². The molecule has 1 rings (SSSR count). The van der Waals surface area contributed by atoms with Crippen molar-refractivity contribution in [1.29, 1.82) is 0 Å². The zero-order valence-electron chi connectivity index (χ0n) is 11.8. The maximum Gasteiger partial charge on any atom is 0.233 e. The van der Waals surface area contributed by atoms with Crippen LogP contribution in [0.15, 0.2) is 18.2 Å². The number of methoxy groups -OCH3 is 1. The highest BCUT2D eigenvalue weighted by Gasteiger charge is 2.34. The molecule has 1 amide bonds. The monoisotopic (exact) mass is 314 g/mol. The fourth-order valence-electron chi connectivity index (χ4n) is 1.71. The number of nitrogens with two attached hydrogens (primary N) is 1. The highest BCUT2D eigenvalue weighted by Crippen LogP contribution is 2.27. The maximum absolute atomic E-state index is 12.3. The summed E-state index contributed by atoms with van der Waals surface area (Å²) in [5, 5.41) is 3.36. The summed E-state index contributed by atoms with van der Waals surface area (Å²) >= 11 is 11.1. The molecule has 0 aromatic heterocycles. The minimum atomic E-state index is -0.857. The van der Waals surface area contributed by atoms with E-state index in [9.17, 15) is 4.79 Å². The number of hydrogen-bond acceptors (Lipinski definition) is 3. The Kier molecular flexibility index (Phi) is 5.77. The molecule has 0 aliphatic carbocycles. The van der Waals surface area contributed by atoms with Gasteiger partial charge in [0.05, 0.1) is 17.5 Å². The van der Waals surface area contributed by atoms with Crippen molar-refractivity contribution in [1.82, 2.24) is 5.32 Å². The lowest BCUT2D eigenvalue weighted by Gasteiger charge is -2.25. The average molecular weight is 315 g/mol. The van der Waals surface area contributed by atoms with Crippen molar-refractivity contribution in [3.05, 3.63) is 28.8 Å². The lowest BCUT2D eigenvalue weighted by Crippen LogP contribution is -2.46. The number of carbonyl (C=O) groups is 1. The minimum absolute atomic E-state index is 0.184. The summed E-state index contributed by atoms with van der Waals surface area (Å²) in [6, 6.07) is 5.33. The van der Waals surface area contributed by atoms with Crippen LogP contribution in [0.25, 0.3) is 0 Å². The molecule has 6 heteroatoms. The van der Waals surface area contributed by atoms with Gasteiger partial charge < -0.3 is 15.8 Å². The molecule has 20 heavy (non-hydrogen) atoms. The van der Waals surface area contributed by atoms with Gasteiger partial charge in [-0.1, -0.05) is 36.8 Å². The Morgan fingerprint density at radius 2 is 2.20 bits per heavy atom. The molecule has 4 nitrogen and oxygen atoms in total. The third-order valence-corrected chi connectivity index (χ3v) is 4.28. The van der Waals surface area contributed by atoms with Crippen molar-refractivity contribution in [2.45, 2.75) is 26.8 Å². The number of amides is 1. The Bertz CT molecular complexity index is 522. The largest absolute Gasteiger partial charge is 0.496 e. The molecule has 0 radical (unpaired) electrons. The van der Waals surface area contributed by atoms with Crippen LogP contribution in [0.4, 0.5) is 0 Å². The van der Waals surface area contributed by atoms with E-state index < -0.39 is 5.41 Å². The lowest BCUT2D eigenvalue weighted by molar-refractivity contribution is -0.127. The SMILES string of the molecule is CCC(C)(C(=O)NCc1c(Cl)cccc1OC)C(N)=S. The standard InChI is InChI=1S/C14H19ClN2O2S/c1-4-14(2,12(16)20)13(18)17-8-9-10(15)6-5-7-11(9)19-3/h5-7H,4,8H2,1-3H3,(H2,16,20)(H,17,18). The van der Waals surface area contributed by atoms with Crippen LogP contribution in [0.2, 0.25) is 5.02 Å². The smallest absolute Gasteiger partial charge is 0.233 e. The third-order valence-electron chi connectivity index (χ3n) is 3.47. The van der Waals surface area contributed by atoms with Crippen molar-refractivity contribution in [2.24, 2.45) is 11.1 Å². The molecule has 0 saturated heterocycles. The number of benzene rings is 1. The Labute approximate surface area is 129 Å². The van der Waals surface area contributed by atoms with Crippen LogP contribution in [-0.4, -0.2) is 18.0 Å². The third kappa shape index (κ3) is 3.41. The number of ether oxygens (including phenoxy) is 1. The fourth-order valence-corrected chi connectivity index (χ4v) is 2.18. The first-order chi connectivity index (χ1) is 9.36. The summed E-state index contributed by atoms with van der Waals surface area (Å²) < 4.78 is 5.23. The van der Waals surface area contributed by atoms with Crippen LogP contribution >= 0.6 is 23.8 Å². The van der Waals surface area contributed by atoms with Gasteiger partial charge in [-0.3, -0.25) is 4.79 Å². The van der Waals surface area contributed by atoms with Gasteiger partial charge in [0.2, 0.25) is 5.91 Å². The second-order valence-electron chi connectivity index (χ2n) is 4.65. The Hall–Kier alpha value is -1.33. The number of carbonyl (C=O) groups excluding carboxylic acids is 1. The van der Waals surface area contributed by atoms with Crippen molar-refractivity contribution in [2.75, 3.05) is 7.11 Å². The van der Waals surface area contributed by atoms with Gasteiger partial charge in [-0.2, -0.15) is 0 Å². The molecule has 1 aromatic rings. The molecule has 3 N–H and O–H groups in total. The van der Waals surface area contributed by atoms with Gasteiger partial charge in [0.15, 0.2) is 0 Å². The number of thiocarbonyl (C=S) groups is 1. The molecular weight excluding hydrogens is 296 g/mol. The van der Waals surface area contributed by atoms with Gasteiger partial charge in [-0.05, 0) is 25.5 Å². The van der Waals surface area contributed by atoms with E-state index in [0.717, 1.165) is 5.56 Å². The summed E-state index contributed by atoms with van der Waals surface area (Å²) in [5.74, 6) is 0.417. The molecule has 1 atom stereocenters. The van der Waals surface area contributed by atoms with Gasteiger partial charge in [-0.25, -0.2) is 0 Å². The van der Waals surface area contributed by atoms with Crippen molar-refractivity contribution < 1.29 is 9.53 Å². The number of hydrogen-bond donors (Lipinski definition) is 2. The quantitative estimate of drug-likeness (QED) is 0.792. The molecule has 0 aliphatic heterocycles. The van der Waals surface area contributed by atoms with E-state index in [1.54, 1.807) is 32.2 Å². The van der Waals surface area contributed by atoms with Gasteiger partial charge in [-0.15, -0.1) is 0 Å². The van der Waals surface area contributed by atoms with Crippen molar-refractivity contribution >= 4 is 34.7 Å². The Morgan fingerprint density at radius 1 is 1.55 bits per heavy atom. The van der Waals surface area contributed by atoms with Gasteiger partial charge in [0.1, 0.15) is 5.75 Å². The van der Waals surface area contributed by atoms with Crippen LogP contribution < -0.4 is 15.8 Å². The molecule has 0 spiro atoms. The van der Waals surface area contributed by atoms with E-state index in [-0.39, 0.29) is 17.4 Å². The van der Waals surface area contributed by atoms with E-state index in [4.69, 9.17) is 34.3 Å². The molecule has 0 saturated carbocycles. The first-order valence-electron chi connectivity index (χ1n) is 6.26. The predicted octanol–water partition coefficient (Wildman–Crippen LogP) is 2.67. The van der Waals surface area contributed by atoms with Crippen LogP contribution in [0.5, 0.6) is 5.75 Å². The van der Waals surface area contributed by atoms with Gasteiger partial charge >= 0.3 is 0 Å². The van der Waals surface area contributed by atoms with E-state index in [2.05, 4.69) is 5.32 Å². The maximum atomic E-state index is 12.3. The summed E-state index contributed by atoms with van der Waals surface area (Å²) in [6.07, 6.45) is 0.536. The normalized spacial score (nSPS) is 13.4. The molecule has 0 aliphatic rings. The summed E-state index contributed by atoms with van der Waals surface area (Å²) in [5.41, 5.74) is 5.53. The molecule has 110 valence electrons. The first kappa shape index (κ1) is 16.7. The zero-order valence-corrected chi connectivity index (χ0v) is 13.4. The summed E-state index contributed by atoms with van der Waals surface area (Å²) in [4.78, 5) is 12.4. The van der Waals surface area contributed by atoms with Crippen molar-refractivity contribution in [3.63, 3.8) is 0 Å². The number of halogens is 1. The second kappa shape index (κ2) is 6.90. The highest BCUT2D eigenvalue weighted by molar-refractivity contribution is 7.80. The molecule has 0 heterocycles. The molecule has 0 bridgehead atoms. The molecule has 1 aromatic carbocycles.